The molecule has 3 aromatic rings. The molecule has 0 saturated carbocycles. The highest BCUT2D eigenvalue weighted by molar-refractivity contribution is 5.77. The van der Waals surface area contributed by atoms with Crippen LogP contribution in [0, 0.1) is 5.92 Å². The molecule has 2 aromatic carbocycles. The molecule has 2 heterocycles. The number of hydrogen-bond acceptors (Lipinski definition) is 5. The number of anilines is 2. The van der Waals surface area contributed by atoms with E-state index in [1.165, 1.54) is 0 Å². The maximum atomic E-state index is 11.5. The Morgan fingerprint density at radius 3 is 2.70 bits per heavy atom. The van der Waals surface area contributed by atoms with Crippen molar-refractivity contribution in [2.45, 2.75) is 19.4 Å². The monoisotopic (exact) mass is 361 g/mol. The molecule has 27 heavy (non-hydrogen) atoms. The Bertz CT molecular complexity index is 941. The normalized spacial score (nSPS) is 17.0. The number of primary amides is 1. The zero-order chi connectivity index (χ0) is 18.6. The van der Waals surface area contributed by atoms with Gasteiger partial charge in [-0.05, 0) is 42.7 Å². The van der Waals surface area contributed by atoms with E-state index in [0.29, 0.717) is 13.1 Å². The van der Waals surface area contributed by atoms with Crippen molar-refractivity contribution in [3.8, 4) is 0 Å². The molecule has 1 aliphatic heterocycles. The number of carbonyl (C=O) groups excluding carboxylic acids is 1. The summed E-state index contributed by atoms with van der Waals surface area (Å²) in [5.41, 5.74) is 9.55. The largest absolute Gasteiger partial charge is 0.371 e. The fourth-order valence-corrected chi connectivity index (χ4v) is 3.50. The van der Waals surface area contributed by atoms with Crippen LogP contribution in [-0.4, -0.2) is 29.0 Å². The molecule has 1 aliphatic rings. The average molecular weight is 361 g/mol. The van der Waals surface area contributed by atoms with Crippen molar-refractivity contribution in [3.63, 3.8) is 0 Å². The zero-order valence-electron chi connectivity index (χ0n) is 15.1. The van der Waals surface area contributed by atoms with Gasteiger partial charge in [0.1, 0.15) is 5.82 Å². The predicted octanol–water partition coefficient (Wildman–Crippen LogP) is 2.94. The summed E-state index contributed by atoms with van der Waals surface area (Å²) in [6.07, 6.45) is 3.65. The summed E-state index contributed by atoms with van der Waals surface area (Å²) in [6.45, 7) is 2.35. The summed E-state index contributed by atoms with van der Waals surface area (Å²) >= 11 is 0. The molecule has 1 saturated heterocycles. The summed E-state index contributed by atoms with van der Waals surface area (Å²) in [5.74, 6) is 0.515. The number of fused-ring (bicyclic) bond motifs is 1. The minimum absolute atomic E-state index is 0.0495. The van der Waals surface area contributed by atoms with E-state index in [1.54, 1.807) is 6.20 Å². The first-order valence-corrected chi connectivity index (χ1v) is 9.28. The predicted molar refractivity (Wildman–Crippen MR) is 107 cm³/mol. The Morgan fingerprint density at radius 1 is 1.15 bits per heavy atom. The van der Waals surface area contributed by atoms with Crippen LogP contribution in [0.3, 0.4) is 0 Å². The third-order valence-corrected chi connectivity index (χ3v) is 5.05. The van der Waals surface area contributed by atoms with Gasteiger partial charge in [0, 0.05) is 25.3 Å². The first-order chi connectivity index (χ1) is 13.2. The molecule has 0 unspecified atom stereocenters. The minimum Gasteiger partial charge on any atom is -0.371 e. The van der Waals surface area contributed by atoms with Gasteiger partial charge in [0.2, 0.25) is 5.91 Å². The molecule has 6 nitrogen and oxygen atoms in total. The highest BCUT2D eigenvalue weighted by atomic mass is 16.1. The molecule has 0 aliphatic carbocycles. The van der Waals surface area contributed by atoms with Gasteiger partial charge < -0.3 is 16.0 Å². The molecule has 6 heteroatoms. The molecule has 0 radical (unpaired) electrons. The first-order valence-electron chi connectivity index (χ1n) is 9.28. The summed E-state index contributed by atoms with van der Waals surface area (Å²) in [6, 6.07) is 16.2. The molecule has 1 atom stereocenters. The Hall–Kier alpha value is -3.15. The molecule has 3 N–H and O–H groups in total. The molecular formula is C21H23N5O. The van der Waals surface area contributed by atoms with Crippen LogP contribution in [0.25, 0.3) is 11.0 Å². The van der Waals surface area contributed by atoms with E-state index in [2.05, 4.69) is 44.5 Å². The third kappa shape index (κ3) is 4.00. The van der Waals surface area contributed by atoms with Crippen molar-refractivity contribution in [2.75, 3.05) is 23.3 Å². The van der Waals surface area contributed by atoms with E-state index in [-0.39, 0.29) is 11.8 Å². The SMILES string of the molecule is NC(=O)[C@H]1CCCN(c2ccc(CNc3cnc4ccccc4n3)cc2)C1. The van der Waals surface area contributed by atoms with Crippen LogP contribution in [0.2, 0.25) is 0 Å². The summed E-state index contributed by atoms with van der Waals surface area (Å²) in [4.78, 5) is 22.7. The van der Waals surface area contributed by atoms with Gasteiger partial charge in [0.25, 0.3) is 0 Å². The van der Waals surface area contributed by atoms with Crippen molar-refractivity contribution >= 4 is 28.4 Å². The third-order valence-electron chi connectivity index (χ3n) is 5.05. The van der Waals surface area contributed by atoms with Crippen LogP contribution < -0.4 is 16.0 Å². The van der Waals surface area contributed by atoms with Crippen LogP contribution >= 0.6 is 0 Å². The highest BCUT2D eigenvalue weighted by Gasteiger charge is 2.23. The lowest BCUT2D eigenvalue weighted by atomic mass is 9.97. The molecule has 1 amide bonds. The van der Waals surface area contributed by atoms with Crippen molar-refractivity contribution in [1.29, 1.82) is 0 Å². The van der Waals surface area contributed by atoms with Gasteiger partial charge in [-0.3, -0.25) is 9.78 Å². The molecule has 1 aromatic heterocycles. The van der Waals surface area contributed by atoms with E-state index < -0.39 is 0 Å². The molecule has 138 valence electrons. The van der Waals surface area contributed by atoms with Crippen LogP contribution in [0.1, 0.15) is 18.4 Å². The molecule has 4 rings (SSSR count). The lowest BCUT2D eigenvalue weighted by molar-refractivity contribution is -0.122. The Balaban J connectivity index is 1.39. The maximum absolute atomic E-state index is 11.5. The van der Waals surface area contributed by atoms with Gasteiger partial charge in [-0.1, -0.05) is 24.3 Å². The average Bonchev–Trinajstić information content (AvgIpc) is 2.72. The summed E-state index contributed by atoms with van der Waals surface area (Å²) in [7, 11) is 0. The number of aromatic nitrogens is 2. The first kappa shape index (κ1) is 17.3. The standard InChI is InChI=1S/C21H23N5O/c22-21(27)16-4-3-11-26(14-16)17-9-7-15(8-10-17)12-24-20-13-23-18-5-1-2-6-19(18)25-20/h1-2,5-10,13,16H,3-4,11-12,14H2,(H2,22,27)(H,24,25)/t16-/m0/s1. The van der Waals surface area contributed by atoms with Gasteiger partial charge in [0.15, 0.2) is 0 Å². The van der Waals surface area contributed by atoms with E-state index in [9.17, 15) is 4.79 Å². The van der Waals surface area contributed by atoms with Crippen LogP contribution in [0.5, 0.6) is 0 Å². The van der Waals surface area contributed by atoms with E-state index in [1.807, 2.05) is 24.3 Å². The Kier molecular flexibility index (Phi) is 4.87. The second-order valence-electron chi connectivity index (χ2n) is 6.95. The van der Waals surface area contributed by atoms with Crippen molar-refractivity contribution < 1.29 is 4.79 Å². The van der Waals surface area contributed by atoms with E-state index >= 15 is 0 Å². The summed E-state index contributed by atoms with van der Waals surface area (Å²) in [5, 5.41) is 3.33. The van der Waals surface area contributed by atoms with Crippen molar-refractivity contribution in [2.24, 2.45) is 11.7 Å². The number of carbonyl (C=O) groups is 1. The lowest BCUT2D eigenvalue weighted by Crippen LogP contribution is -2.41. The number of piperidine rings is 1. The number of benzene rings is 2. The number of nitrogens with zero attached hydrogens (tertiary/aromatic N) is 3. The quantitative estimate of drug-likeness (QED) is 0.730. The van der Waals surface area contributed by atoms with E-state index in [0.717, 1.165) is 47.5 Å². The smallest absolute Gasteiger partial charge is 0.222 e. The number of rotatable bonds is 5. The fourth-order valence-electron chi connectivity index (χ4n) is 3.50. The minimum atomic E-state index is -0.197. The van der Waals surface area contributed by atoms with Crippen molar-refractivity contribution in [1.82, 2.24) is 9.97 Å². The second-order valence-corrected chi connectivity index (χ2v) is 6.95. The zero-order valence-corrected chi connectivity index (χ0v) is 15.1. The fraction of sp³-hybridized carbons (Fsp3) is 0.286. The van der Waals surface area contributed by atoms with Crippen LogP contribution in [0.4, 0.5) is 11.5 Å². The van der Waals surface area contributed by atoms with Gasteiger partial charge in [-0.25, -0.2) is 4.98 Å². The van der Waals surface area contributed by atoms with Gasteiger partial charge in [-0.2, -0.15) is 0 Å². The Morgan fingerprint density at radius 2 is 1.93 bits per heavy atom. The van der Waals surface area contributed by atoms with E-state index in [4.69, 9.17) is 5.73 Å². The van der Waals surface area contributed by atoms with Gasteiger partial charge >= 0.3 is 0 Å². The topological polar surface area (TPSA) is 84.1 Å². The molecule has 1 fully saturated rings. The van der Waals surface area contributed by atoms with Crippen LogP contribution in [0.15, 0.2) is 54.7 Å². The van der Waals surface area contributed by atoms with Gasteiger partial charge in [0.05, 0.1) is 23.1 Å². The highest BCUT2D eigenvalue weighted by Crippen LogP contribution is 2.23. The second kappa shape index (κ2) is 7.61. The molecule has 0 spiro atoms. The van der Waals surface area contributed by atoms with Crippen molar-refractivity contribution in [3.05, 3.63) is 60.3 Å². The number of nitrogens with two attached hydrogens (primary N) is 1. The Labute approximate surface area is 158 Å². The maximum Gasteiger partial charge on any atom is 0.222 e. The number of amides is 1. The molecular weight excluding hydrogens is 338 g/mol. The number of para-hydroxylation sites is 2. The molecule has 0 bridgehead atoms. The number of hydrogen-bond donors (Lipinski definition) is 2. The lowest BCUT2D eigenvalue weighted by Gasteiger charge is -2.33. The number of nitrogens with one attached hydrogen (secondary N) is 1. The van der Waals surface area contributed by atoms with Crippen LogP contribution in [-0.2, 0) is 11.3 Å². The summed E-state index contributed by atoms with van der Waals surface area (Å²) < 4.78 is 0. The van der Waals surface area contributed by atoms with Gasteiger partial charge in [-0.15, -0.1) is 0 Å².